The van der Waals surface area contributed by atoms with E-state index in [-0.39, 0.29) is 17.9 Å². The first-order chi connectivity index (χ1) is 14.6. The summed E-state index contributed by atoms with van der Waals surface area (Å²) in [5.74, 6) is 2.42. The average Bonchev–Trinajstić information content (AvgIpc) is 3.40. The number of nitrogens with one attached hydrogen (secondary N) is 1. The molecule has 3 saturated heterocycles. The molecule has 3 aliphatic heterocycles. The predicted octanol–water partition coefficient (Wildman–Crippen LogP) is 2.60. The second-order valence-corrected chi connectivity index (χ2v) is 9.91. The maximum absolute atomic E-state index is 12.9. The first kappa shape index (κ1) is 20.0. The van der Waals surface area contributed by atoms with E-state index in [0.717, 1.165) is 31.8 Å². The van der Waals surface area contributed by atoms with Gasteiger partial charge in [-0.2, -0.15) is 0 Å². The van der Waals surface area contributed by atoms with Crippen molar-refractivity contribution >= 4 is 11.8 Å². The number of hydrogen-bond acceptors (Lipinski definition) is 5. The van der Waals surface area contributed by atoms with E-state index in [1.807, 2.05) is 0 Å². The van der Waals surface area contributed by atoms with Gasteiger partial charge in [-0.15, -0.1) is 0 Å². The van der Waals surface area contributed by atoms with E-state index < -0.39 is 0 Å². The Bertz CT molecular complexity index is 787. The minimum atomic E-state index is -0.214. The van der Waals surface area contributed by atoms with Crippen LogP contribution in [-0.4, -0.2) is 64.9 Å². The number of piperidine rings is 3. The molecule has 1 aromatic rings. The fourth-order valence-corrected chi connectivity index (χ4v) is 6.60. The fraction of sp³-hybridized carbons (Fsp3) is 0.783. The Morgan fingerprint density at radius 1 is 1.20 bits per heavy atom. The highest BCUT2D eigenvalue weighted by Gasteiger charge is 2.49. The van der Waals surface area contributed by atoms with Crippen molar-refractivity contribution in [2.45, 2.75) is 70.4 Å². The second kappa shape index (κ2) is 8.33. The molecule has 0 unspecified atom stereocenters. The number of amides is 2. The van der Waals surface area contributed by atoms with Crippen LogP contribution in [0.3, 0.4) is 0 Å². The van der Waals surface area contributed by atoms with Gasteiger partial charge in [0, 0.05) is 45.6 Å². The van der Waals surface area contributed by atoms with Crippen molar-refractivity contribution in [1.82, 2.24) is 20.1 Å². The molecule has 5 rings (SSSR count). The van der Waals surface area contributed by atoms with Gasteiger partial charge in [-0.25, -0.2) is 4.98 Å². The number of rotatable bonds is 5. The minimum Gasteiger partial charge on any atom is -0.448 e. The Labute approximate surface area is 178 Å². The van der Waals surface area contributed by atoms with E-state index in [4.69, 9.17) is 4.42 Å². The molecule has 7 heteroatoms. The third kappa shape index (κ3) is 3.88. The van der Waals surface area contributed by atoms with Gasteiger partial charge in [0.2, 0.25) is 5.91 Å². The number of aromatic nitrogens is 1. The average molecular weight is 415 g/mol. The number of oxazole rings is 1. The first-order valence-electron chi connectivity index (χ1n) is 11.8. The van der Waals surface area contributed by atoms with Gasteiger partial charge in [0.1, 0.15) is 6.26 Å². The van der Waals surface area contributed by atoms with Gasteiger partial charge in [0.25, 0.3) is 5.91 Å². The normalized spacial score (nSPS) is 32.3. The lowest BCUT2D eigenvalue weighted by molar-refractivity contribution is -0.152. The van der Waals surface area contributed by atoms with Gasteiger partial charge in [0.05, 0.1) is 6.04 Å². The monoisotopic (exact) mass is 414 g/mol. The number of fused-ring (bicyclic) bond motifs is 4. The number of carbonyl (C=O) groups excluding carboxylic acids is 2. The SMILES string of the molecule is Cc1nc(C(=O)NC[C@H]2[C@H]3C[C@H](CN(CC4CCCC4)C3)[C@@H]3CCCC(=O)N32)co1. The van der Waals surface area contributed by atoms with Gasteiger partial charge < -0.3 is 19.5 Å². The van der Waals surface area contributed by atoms with Crippen molar-refractivity contribution in [2.75, 3.05) is 26.2 Å². The van der Waals surface area contributed by atoms with E-state index in [9.17, 15) is 9.59 Å². The minimum absolute atomic E-state index is 0.0855. The zero-order chi connectivity index (χ0) is 20.7. The van der Waals surface area contributed by atoms with E-state index in [0.29, 0.717) is 42.4 Å². The standard InChI is InChI=1S/C23H34N4O3/c1-15-25-19(14-30-15)23(29)24-10-21-18-9-17(20-7-4-8-22(28)27(20)21)12-26(13-18)11-16-5-2-3-6-16/h14,16-18,20-21H,2-13H2,1H3,(H,24,29)/t17-,18+,20+,21+/m1/s1. The van der Waals surface area contributed by atoms with Crippen LogP contribution in [0.2, 0.25) is 0 Å². The Balaban J connectivity index is 1.31. The maximum Gasteiger partial charge on any atom is 0.273 e. The van der Waals surface area contributed by atoms with Crippen LogP contribution in [0, 0.1) is 24.7 Å². The van der Waals surface area contributed by atoms with Crippen LogP contribution in [-0.2, 0) is 4.79 Å². The van der Waals surface area contributed by atoms with Crippen molar-refractivity contribution in [1.29, 1.82) is 0 Å². The van der Waals surface area contributed by atoms with Crippen LogP contribution in [0.25, 0.3) is 0 Å². The van der Waals surface area contributed by atoms with E-state index in [1.54, 1.807) is 6.92 Å². The summed E-state index contributed by atoms with van der Waals surface area (Å²) in [5, 5.41) is 3.05. The summed E-state index contributed by atoms with van der Waals surface area (Å²) in [7, 11) is 0. The molecule has 4 heterocycles. The molecule has 164 valence electrons. The molecule has 0 spiro atoms. The third-order valence-electron chi connectivity index (χ3n) is 7.89. The Morgan fingerprint density at radius 2 is 2.00 bits per heavy atom. The quantitative estimate of drug-likeness (QED) is 0.801. The van der Waals surface area contributed by atoms with Crippen LogP contribution < -0.4 is 5.32 Å². The van der Waals surface area contributed by atoms with E-state index in [2.05, 4.69) is 20.1 Å². The maximum atomic E-state index is 12.9. The molecular formula is C23H34N4O3. The highest BCUT2D eigenvalue weighted by atomic mass is 16.3. The molecule has 1 aliphatic carbocycles. The first-order valence-corrected chi connectivity index (χ1v) is 11.8. The van der Waals surface area contributed by atoms with Gasteiger partial charge >= 0.3 is 0 Å². The summed E-state index contributed by atoms with van der Waals surface area (Å²) in [4.78, 5) is 34.5. The van der Waals surface area contributed by atoms with Crippen molar-refractivity contribution in [3.8, 4) is 0 Å². The van der Waals surface area contributed by atoms with Crippen LogP contribution >= 0.6 is 0 Å². The molecule has 7 nitrogen and oxygen atoms in total. The van der Waals surface area contributed by atoms with E-state index in [1.165, 1.54) is 44.9 Å². The molecule has 30 heavy (non-hydrogen) atoms. The Morgan fingerprint density at radius 3 is 2.77 bits per heavy atom. The topological polar surface area (TPSA) is 78.7 Å². The highest BCUT2D eigenvalue weighted by molar-refractivity contribution is 5.92. The molecule has 4 atom stereocenters. The molecule has 4 aliphatic rings. The summed E-state index contributed by atoms with van der Waals surface area (Å²) in [5.41, 5.74) is 0.314. The molecule has 0 radical (unpaired) electrons. The molecular weight excluding hydrogens is 380 g/mol. The lowest BCUT2D eigenvalue weighted by Crippen LogP contribution is -2.67. The number of nitrogens with zero attached hydrogens (tertiary/aromatic N) is 3. The van der Waals surface area contributed by atoms with E-state index >= 15 is 0 Å². The Kier molecular flexibility index (Phi) is 5.56. The molecule has 2 amide bonds. The third-order valence-corrected chi connectivity index (χ3v) is 7.89. The molecule has 2 bridgehead atoms. The van der Waals surface area contributed by atoms with Crippen LogP contribution in [0.1, 0.15) is 67.7 Å². The lowest BCUT2D eigenvalue weighted by Gasteiger charge is -2.57. The number of hydrogen-bond donors (Lipinski definition) is 1. The van der Waals surface area contributed by atoms with Gasteiger partial charge in [-0.1, -0.05) is 12.8 Å². The molecule has 1 aromatic heterocycles. The summed E-state index contributed by atoms with van der Waals surface area (Å²) < 4.78 is 5.18. The van der Waals surface area contributed by atoms with Crippen molar-refractivity contribution in [2.24, 2.45) is 17.8 Å². The van der Waals surface area contributed by atoms with Crippen molar-refractivity contribution in [3.05, 3.63) is 17.8 Å². The van der Waals surface area contributed by atoms with Crippen molar-refractivity contribution < 1.29 is 14.0 Å². The number of carbonyl (C=O) groups is 2. The zero-order valence-electron chi connectivity index (χ0n) is 18.0. The second-order valence-electron chi connectivity index (χ2n) is 9.91. The van der Waals surface area contributed by atoms with Gasteiger partial charge in [-0.05, 0) is 49.9 Å². The van der Waals surface area contributed by atoms with Crippen LogP contribution in [0.15, 0.2) is 10.7 Å². The Hall–Kier alpha value is -1.89. The van der Waals surface area contributed by atoms with Crippen LogP contribution in [0.4, 0.5) is 0 Å². The van der Waals surface area contributed by atoms with Gasteiger partial charge in [0.15, 0.2) is 11.6 Å². The smallest absolute Gasteiger partial charge is 0.273 e. The fourth-order valence-electron chi connectivity index (χ4n) is 6.60. The highest BCUT2D eigenvalue weighted by Crippen LogP contribution is 2.42. The molecule has 1 saturated carbocycles. The molecule has 0 aromatic carbocycles. The summed E-state index contributed by atoms with van der Waals surface area (Å²) in [6.45, 7) is 5.63. The van der Waals surface area contributed by atoms with Gasteiger partial charge in [-0.3, -0.25) is 9.59 Å². The predicted molar refractivity (Wildman–Crippen MR) is 112 cm³/mol. The largest absolute Gasteiger partial charge is 0.448 e. The lowest BCUT2D eigenvalue weighted by atomic mass is 9.72. The summed E-state index contributed by atoms with van der Waals surface area (Å²) in [6.07, 6.45) is 10.8. The van der Waals surface area contributed by atoms with Crippen LogP contribution in [0.5, 0.6) is 0 Å². The summed E-state index contributed by atoms with van der Waals surface area (Å²) >= 11 is 0. The number of likely N-dealkylation sites (tertiary alicyclic amines) is 1. The summed E-state index contributed by atoms with van der Waals surface area (Å²) in [6, 6.07) is 0.424. The van der Waals surface area contributed by atoms with Crippen molar-refractivity contribution in [3.63, 3.8) is 0 Å². The molecule has 1 N–H and O–H groups in total. The molecule has 4 fully saturated rings. The zero-order valence-corrected chi connectivity index (χ0v) is 18.0. The number of aryl methyl sites for hydroxylation is 1.